The summed E-state index contributed by atoms with van der Waals surface area (Å²) in [6.07, 6.45) is 0. The molecule has 144 valence electrons. The van der Waals surface area contributed by atoms with Crippen LogP contribution in [0, 0.1) is 0 Å². The zero-order valence-corrected chi connectivity index (χ0v) is 15.9. The Hall–Kier alpha value is -3.65. The Labute approximate surface area is 169 Å². The van der Waals surface area contributed by atoms with Crippen molar-refractivity contribution in [2.45, 2.75) is 6.54 Å². The van der Waals surface area contributed by atoms with Gasteiger partial charge in [-0.25, -0.2) is 0 Å². The number of thiophene rings is 1. The highest BCUT2D eigenvalue weighted by atomic mass is 32.1. The van der Waals surface area contributed by atoms with Crippen molar-refractivity contribution in [2.24, 2.45) is 0 Å². The van der Waals surface area contributed by atoms with Crippen LogP contribution in [-0.4, -0.2) is 22.8 Å². The van der Waals surface area contributed by atoms with E-state index in [4.69, 9.17) is 14.0 Å². The van der Waals surface area contributed by atoms with Gasteiger partial charge in [0.1, 0.15) is 0 Å². The SMILES string of the molecule is O=C(NCc1ccc2c(c1)OCO2)c1ccc(-c2noc(-c3ccccc3)n2)s1. The second kappa shape index (κ2) is 7.40. The smallest absolute Gasteiger partial charge is 0.261 e. The summed E-state index contributed by atoms with van der Waals surface area (Å²) in [7, 11) is 0. The second-order valence-electron chi connectivity index (χ2n) is 6.32. The molecule has 4 aromatic rings. The number of carbonyl (C=O) groups is 1. The number of hydrogen-bond donors (Lipinski definition) is 1. The van der Waals surface area contributed by atoms with Crippen LogP contribution in [0.4, 0.5) is 0 Å². The van der Waals surface area contributed by atoms with E-state index >= 15 is 0 Å². The molecule has 0 aliphatic carbocycles. The standard InChI is InChI=1S/C21H15N3O4S/c25-20(22-11-13-6-7-15-16(10-13)27-12-26-15)18-9-8-17(29-18)19-23-21(28-24-19)14-4-2-1-3-5-14/h1-10H,11-12H2,(H,22,25). The van der Waals surface area contributed by atoms with Crippen LogP contribution < -0.4 is 14.8 Å². The summed E-state index contributed by atoms with van der Waals surface area (Å²) in [6, 6.07) is 18.7. The molecule has 2 aromatic heterocycles. The van der Waals surface area contributed by atoms with Crippen LogP contribution in [0.15, 0.2) is 65.2 Å². The molecule has 3 heterocycles. The van der Waals surface area contributed by atoms with Crippen molar-refractivity contribution in [1.82, 2.24) is 15.5 Å². The van der Waals surface area contributed by atoms with Gasteiger partial charge in [-0.15, -0.1) is 11.3 Å². The molecule has 0 unspecified atom stereocenters. The van der Waals surface area contributed by atoms with E-state index in [0.717, 1.165) is 21.8 Å². The number of aromatic nitrogens is 2. The number of nitrogens with zero attached hydrogens (tertiary/aromatic N) is 2. The number of carbonyl (C=O) groups excluding carboxylic acids is 1. The van der Waals surface area contributed by atoms with Crippen molar-refractivity contribution in [2.75, 3.05) is 6.79 Å². The van der Waals surface area contributed by atoms with Gasteiger partial charge in [0.15, 0.2) is 11.5 Å². The van der Waals surface area contributed by atoms with Crippen LogP contribution >= 0.6 is 11.3 Å². The predicted octanol–water partition coefficient (Wildman–Crippen LogP) is 4.12. The Bertz CT molecular complexity index is 1170. The van der Waals surface area contributed by atoms with Gasteiger partial charge in [0.05, 0.1) is 9.75 Å². The molecule has 0 saturated heterocycles. The maximum absolute atomic E-state index is 12.5. The molecule has 0 spiro atoms. The van der Waals surface area contributed by atoms with E-state index in [2.05, 4.69) is 15.5 Å². The largest absolute Gasteiger partial charge is 0.454 e. The molecule has 1 aliphatic heterocycles. The van der Waals surface area contributed by atoms with Crippen LogP contribution in [0.5, 0.6) is 11.5 Å². The fourth-order valence-electron chi connectivity index (χ4n) is 2.92. The van der Waals surface area contributed by atoms with E-state index in [0.29, 0.717) is 28.9 Å². The summed E-state index contributed by atoms with van der Waals surface area (Å²) in [5, 5.41) is 6.94. The zero-order chi connectivity index (χ0) is 19.6. The van der Waals surface area contributed by atoms with Crippen molar-refractivity contribution in [1.29, 1.82) is 0 Å². The third-order valence-corrected chi connectivity index (χ3v) is 5.47. The molecule has 8 heteroatoms. The van der Waals surface area contributed by atoms with Crippen molar-refractivity contribution < 1.29 is 18.8 Å². The first-order valence-electron chi connectivity index (χ1n) is 8.92. The highest BCUT2D eigenvalue weighted by Gasteiger charge is 2.16. The maximum atomic E-state index is 12.5. The Balaban J connectivity index is 1.26. The maximum Gasteiger partial charge on any atom is 0.261 e. The first-order chi connectivity index (χ1) is 14.3. The van der Waals surface area contributed by atoms with Gasteiger partial charge in [0.25, 0.3) is 11.8 Å². The van der Waals surface area contributed by atoms with Gasteiger partial charge in [-0.1, -0.05) is 29.4 Å². The van der Waals surface area contributed by atoms with Crippen molar-refractivity contribution in [3.63, 3.8) is 0 Å². The van der Waals surface area contributed by atoms with Crippen LogP contribution in [0.25, 0.3) is 22.2 Å². The Morgan fingerprint density at radius 3 is 2.79 bits per heavy atom. The minimum Gasteiger partial charge on any atom is -0.454 e. The Kier molecular flexibility index (Phi) is 4.45. The molecule has 7 nitrogen and oxygen atoms in total. The fraction of sp³-hybridized carbons (Fsp3) is 0.0952. The average molecular weight is 405 g/mol. The monoisotopic (exact) mass is 405 g/mol. The molecule has 0 radical (unpaired) electrons. The molecule has 1 N–H and O–H groups in total. The molecule has 0 fully saturated rings. The van der Waals surface area contributed by atoms with E-state index in [9.17, 15) is 4.79 Å². The highest BCUT2D eigenvalue weighted by Crippen LogP contribution is 2.32. The lowest BCUT2D eigenvalue weighted by Crippen LogP contribution is -2.21. The molecule has 5 rings (SSSR count). The van der Waals surface area contributed by atoms with Gasteiger partial charge >= 0.3 is 0 Å². The van der Waals surface area contributed by atoms with Crippen molar-refractivity contribution in [3.05, 3.63) is 71.1 Å². The van der Waals surface area contributed by atoms with Gasteiger partial charge in [-0.05, 0) is 42.0 Å². The van der Waals surface area contributed by atoms with Crippen LogP contribution in [0.3, 0.4) is 0 Å². The second-order valence-corrected chi connectivity index (χ2v) is 7.41. The normalized spacial score (nSPS) is 12.1. The lowest BCUT2D eigenvalue weighted by Gasteiger charge is -2.05. The fourth-order valence-corrected chi connectivity index (χ4v) is 3.77. The van der Waals surface area contributed by atoms with Crippen LogP contribution in [0.1, 0.15) is 15.2 Å². The molecule has 0 atom stereocenters. The predicted molar refractivity (Wildman–Crippen MR) is 107 cm³/mol. The van der Waals surface area contributed by atoms with Gasteiger partial charge in [0.2, 0.25) is 12.6 Å². The van der Waals surface area contributed by atoms with E-state index in [1.807, 2.05) is 54.6 Å². The number of nitrogens with one attached hydrogen (secondary N) is 1. The van der Waals surface area contributed by atoms with E-state index in [1.165, 1.54) is 11.3 Å². The summed E-state index contributed by atoms with van der Waals surface area (Å²) in [5.74, 6) is 2.16. The Morgan fingerprint density at radius 1 is 1.03 bits per heavy atom. The molecule has 0 bridgehead atoms. The molecule has 1 aliphatic rings. The molecular weight excluding hydrogens is 390 g/mol. The van der Waals surface area contributed by atoms with Crippen molar-refractivity contribution >= 4 is 17.2 Å². The summed E-state index contributed by atoms with van der Waals surface area (Å²) in [4.78, 5) is 18.3. The molecule has 2 aromatic carbocycles. The van der Waals surface area contributed by atoms with Gasteiger partial charge in [-0.3, -0.25) is 4.79 Å². The van der Waals surface area contributed by atoms with E-state index in [-0.39, 0.29) is 12.7 Å². The number of fused-ring (bicyclic) bond motifs is 1. The topological polar surface area (TPSA) is 86.5 Å². The van der Waals surface area contributed by atoms with E-state index in [1.54, 1.807) is 6.07 Å². The van der Waals surface area contributed by atoms with Crippen LogP contribution in [-0.2, 0) is 6.54 Å². The first kappa shape index (κ1) is 17.4. The van der Waals surface area contributed by atoms with Gasteiger partial charge < -0.3 is 19.3 Å². The third-order valence-electron chi connectivity index (χ3n) is 4.39. The number of hydrogen-bond acceptors (Lipinski definition) is 7. The Morgan fingerprint density at radius 2 is 1.90 bits per heavy atom. The lowest BCUT2D eigenvalue weighted by molar-refractivity contribution is 0.0955. The average Bonchev–Trinajstić information content (AvgIpc) is 3.52. The third kappa shape index (κ3) is 3.57. The summed E-state index contributed by atoms with van der Waals surface area (Å²) in [5.41, 5.74) is 1.79. The minimum atomic E-state index is -0.161. The molecule has 29 heavy (non-hydrogen) atoms. The minimum absolute atomic E-state index is 0.161. The molecule has 1 amide bonds. The number of benzene rings is 2. The number of amides is 1. The summed E-state index contributed by atoms with van der Waals surface area (Å²) in [6.45, 7) is 0.619. The van der Waals surface area contributed by atoms with E-state index < -0.39 is 0 Å². The summed E-state index contributed by atoms with van der Waals surface area (Å²) >= 11 is 1.32. The molecular formula is C21H15N3O4S. The molecule has 0 saturated carbocycles. The van der Waals surface area contributed by atoms with Crippen LogP contribution in [0.2, 0.25) is 0 Å². The van der Waals surface area contributed by atoms with Gasteiger partial charge in [-0.2, -0.15) is 4.98 Å². The van der Waals surface area contributed by atoms with Crippen molar-refractivity contribution in [3.8, 4) is 33.7 Å². The quantitative estimate of drug-likeness (QED) is 0.537. The zero-order valence-electron chi connectivity index (χ0n) is 15.1. The van der Waals surface area contributed by atoms with Gasteiger partial charge in [0, 0.05) is 12.1 Å². The summed E-state index contributed by atoms with van der Waals surface area (Å²) < 4.78 is 16.0. The first-order valence-corrected chi connectivity index (χ1v) is 9.74. The number of ether oxygens (including phenoxy) is 2. The number of rotatable bonds is 5. The highest BCUT2D eigenvalue weighted by molar-refractivity contribution is 7.17. The lowest BCUT2D eigenvalue weighted by atomic mass is 10.2.